The third kappa shape index (κ3) is 8.14. The lowest BCUT2D eigenvalue weighted by Crippen LogP contribution is -2.45. The first-order valence-electron chi connectivity index (χ1n) is 14.2. The van der Waals surface area contributed by atoms with Crippen LogP contribution in [0.5, 0.6) is 0 Å². The fourth-order valence-electron chi connectivity index (χ4n) is 5.06. The lowest BCUT2D eigenvalue weighted by molar-refractivity contribution is 0.262. The molecule has 0 bridgehead atoms. The van der Waals surface area contributed by atoms with Crippen LogP contribution in [0, 0.1) is 18.2 Å². The van der Waals surface area contributed by atoms with Crippen molar-refractivity contribution in [1.29, 1.82) is 0 Å². The van der Waals surface area contributed by atoms with E-state index in [1.165, 1.54) is 18.4 Å². The molecule has 9 heteroatoms. The molecule has 1 saturated heterocycles. The molecule has 1 N–H and O–H groups in total. The highest BCUT2D eigenvalue weighted by Gasteiger charge is 2.28. The van der Waals surface area contributed by atoms with Gasteiger partial charge in [0, 0.05) is 56.1 Å². The van der Waals surface area contributed by atoms with Crippen molar-refractivity contribution in [3.05, 3.63) is 50.8 Å². The number of halogens is 2. The van der Waals surface area contributed by atoms with Gasteiger partial charge in [-0.15, -0.1) is 12.3 Å². The number of benzene rings is 1. The summed E-state index contributed by atoms with van der Waals surface area (Å²) in [4.78, 5) is 20.1. The van der Waals surface area contributed by atoms with Crippen molar-refractivity contribution < 1.29 is 8.78 Å². The molecular formula is C32H47F2N5OS. The van der Waals surface area contributed by atoms with E-state index < -0.39 is 11.5 Å². The molecule has 0 saturated carbocycles. The van der Waals surface area contributed by atoms with Crippen LogP contribution in [0.1, 0.15) is 79.0 Å². The Morgan fingerprint density at radius 3 is 2.29 bits per heavy atom. The smallest absolute Gasteiger partial charge is 0.259 e. The van der Waals surface area contributed by atoms with E-state index >= 15 is 8.78 Å². The predicted molar refractivity (Wildman–Crippen MR) is 173 cm³/mol. The van der Waals surface area contributed by atoms with E-state index in [0.29, 0.717) is 59.5 Å². The van der Waals surface area contributed by atoms with Crippen LogP contribution in [0.3, 0.4) is 0 Å². The van der Waals surface area contributed by atoms with Gasteiger partial charge in [-0.05, 0) is 77.8 Å². The molecule has 41 heavy (non-hydrogen) atoms. The Morgan fingerprint density at radius 2 is 1.80 bits per heavy atom. The van der Waals surface area contributed by atoms with Crippen LogP contribution in [0.2, 0.25) is 0 Å². The molecule has 1 aliphatic heterocycles. The fraction of sp³-hybridized carbons (Fsp3) is 0.562. The van der Waals surface area contributed by atoms with Gasteiger partial charge in [0.25, 0.3) is 5.56 Å². The van der Waals surface area contributed by atoms with Crippen LogP contribution in [0.15, 0.2) is 33.3 Å². The number of pyridine rings is 1. The van der Waals surface area contributed by atoms with E-state index in [2.05, 4.69) is 27.0 Å². The summed E-state index contributed by atoms with van der Waals surface area (Å²) < 4.78 is 35.4. The first-order chi connectivity index (χ1) is 19.2. The minimum absolute atomic E-state index is 0.214. The Balaban J connectivity index is 0.00000187. The number of nitrogens with one attached hydrogen (secondary N) is 1. The number of aryl methyl sites for hydroxylation is 1. The highest BCUT2D eigenvalue weighted by Crippen LogP contribution is 2.34. The summed E-state index contributed by atoms with van der Waals surface area (Å²) in [6.45, 7) is 17.1. The molecule has 1 aliphatic rings. The topological polar surface area (TPSA) is 52.9 Å². The van der Waals surface area contributed by atoms with Crippen molar-refractivity contribution >= 4 is 34.2 Å². The summed E-state index contributed by atoms with van der Waals surface area (Å²) >= 11 is 1.68. The Kier molecular flexibility index (Phi) is 12.5. The summed E-state index contributed by atoms with van der Waals surface area (Å²) in [5.74, 6) is 2.18. The van der Waals surface area contributed by atoms with Gasteiger partial charge >= 0.3 is 0 Å². The number of piperazine rings is 1. The number of nitrogens with zero attached hydrogens (tertiary/aromatic N) is 4. The molecule has 0 amide bonds. The summed E-state index contributed by atoms with van der Waals surface area (Å²) in [6.07, 6.45) is 8.05. The number of anilines is 1. The largest absolute Gasteiger partial charge is 0.380 e. The first kappa shape index (κ1) is 34.4. The second-order valence-corrected chi connectivity index (χ2v) is 11.7. The minimum Gasteiger partial charge on any atom is -0.380 e. The highest BCUT2D eigenvalue weighted by atomic mass is 32.2. The number of terminal acetylenes is 1. The van der Waals surface area contributed by atoms with Gasteiger partial charge in [0.05, 0.1) is 11.1 Å². The number of aromatic nitrogens is 1. The van der Waals surface area contributed by atoms with Crippen molar-refractivity contribution in [2.45, 2.75) is 79.9 Å². The fourth-order valence-corrected chi connectivity index (χ4v) is 5.59. The number of alkyl halides is 1. The zero-order valence-electron chi connectivity index (χ0n) is 26.4. The van der Waals surface area contributed by atoms with Gasteiger partial charge in [-0.3, -0.25) is 14.4 Å². The van der Waals surface area contributed by atoms with Gasteiger partial charge in [-0.1, -0.05) is 31.9 Å². The Hall–Kier alpha value is -2.83. The molecule has 3 rings (SSSR count). The summed E-state index contributed by atoms with van der Waals surface area (Å²) in [7, 11) is 1.65. The van der Waals surface area contributed by atoms with E-state index in [1.54, 1.807) is 38.9 Å². The van der Waals surface area contributed by atoms with Crippen molar-refractivity contribution in [3.63, 3.8) is 0 Å². The van der Waals surface area contributed by atoms with E-state index in [0.717, 1.165) is 24.4 Å². The SMILES string of the molecule is C#CC.CCC(C)=N/C(=C(\C)NC(C)c1cc(CC)cc2c(=O)n(C)c(N3CCN(SC)CC3)c(F)c12)C(C)(C)F. The van der Waals surface area contributed by atoms with Crippen molar-refractivity contribution in [2.24, 2.45) is 12.0 Å². The number of rotatable bonds is 9. The van der Waals surface area contributed by atoms with E-state index in [4.69, 9.17) is 0 Å². The summed E-state index contributed by atoms with van der Waals surface area (Å²) in [5.41, 5.74) is 1.51. The molecule has 2 heterocycles. The lowest BCUT2D eigenvalue weighted by Gasteiger charge is -2.36. The van der Waals surface area contributed by atoms with Crippen LogP contribution >= 0.6 is 11.9 Å². The third-order valence-corrected chi connectivity index (χ3v) is 8.22. The highest BCUT2D eigenvalue weighted by molar-refractivity contribution is 7.96. The molecule has 1 unspecified atom stereocenters. The van der Waals surface area contributed by atoms with Gasteiger partial charge < -0.3 is 10.2 Å². The number of allylic oxidation sites excluding steroid dienone is 2. The van der Waals surface area contributed by atoms with Crippen molar-refractivity contribution in [2.75, 3.05) is 37.3 Å². The number of aliphatic imine (C=N–C) groups is 1. The zero-order chi connectivity index (χ0) is 31.1. The molecule has 2 aromatic rings. The normalized spacial score (nSPS) is 16.1. The number of hydrogen-bond acceptors (Lipinski definition) is 6. The molecule has 1 aromatic carbocycles. The van der Waals surface area contributed by atoms with Gasteiger partial charge in [0.15, 0.2) is 5.82 Å². The maximum atomic E-state index is 16.5. The van der Waals surface area contributed by atoms with Crippen LogP contribution in [0.25, 0.3) is 10.8 Å². The Labute approximate surface area is 249 Å². The van der Waals surface area contributed by atoms with E-state index in [1.807, 2.05) is 44.9 Å². The molecule has 1 fully saturated rings. The Bertz CT molecular complexity index is 1380. The van der Waals surface area contributed by atoms with E-state index in [-0.39, 0.29) is 11.6 Å². The molecular weight excluding hydrogens is 540 g/mol. The predicted octanol–water partition coefficient (Wildman–Crippen LogP) is 6.78. The lowest BCUT2D eigenvalue weighted by atomic mass is 9.95. The van der Waals surface area contributed by atoms with Crippen LogP contribution in [-0.4, -0.2) is 52.7 Å². The average molecular weight is 588 g/mol. The summed E-state index contributed by atoms with van der Waals surface area (Å²) in [5, 5.41) is 4.08. The quantitative estimate of drug-likeness (QED) is 0.199. The number of hydrogen-bond donors (Lipinski definition) is 1. The van der Waals surface area contributed by atoms with Crippen molar-refractivity contribution in [3.8, 4) is 12.3 Å². The van der Waals surface area contributed by atoms with Crippen molar-refractivity contribution in [1.82, 2.24) is 14.2 Å². The second-order valence-electron chi connectivity index (χ2n) is 10.9. The van der Waals surface area contributed by atoms with Gasteiger partial charge in [0.1, 0.15) is 11.5 Å². The molecule has 0 spiro atoms. The molecule has 1 aromatic heterocycles. The maximum absolute atomic E-state index is 16.5. The van der Waals surface area contributed by atoms with Gasteiger partial charge in [-0.2, -0.15) is 0 Å². The zero-order valence-corrected chi connectivity index (χ0v) is 27.2. The standard InChI is InChI=1S/C29H43F2N5OS.C3H4/c1-10-18(3)32-26(29(6,7)31)20(5)33-19(4)22-16-21(11-2)17-23-24(22)25(30)27(34(8)28(23)37)35-12-14-36(38-9)15-13-35;1-3-2/h16-17,19,33H,10-15H2,1-9H3;1H,2H3/b26-20+,32-18?;. The average Bonchev–Trinajstić information content (AvgIpc) is 2.93. The number of fused-ring (bicyclic) bond motifs is 1. The molecule has 1 atom stereocenters. The van der Waals surface area contributed by atoms with Crippen LogP contribution < -0.4 is 15.8 Å². The van der Waals surface area contributed by atoms with Crippen LogP contribution in [0.4, 0.5) is 14.6 Å². The maximum Gasteiger partial charge on any atom is 0.259 e. The molecule has 0 radical (unpaired) electrons. The molecule has 6 nitrogen and oxygen atoms in total. The van der Waals surface area contributed by atoms with E-state index in [9.17, 15) is 4.79 Å². The Morgan fingerprint density at radius 1 is 1.22 bits per heavy atom. The van der Waals surface area contributed by atoms with Gasteiger partial charge in [-0.25, -0.2) is 13.1 Å². The monoisotopic (exact) mass is 587 g/mol. The summed E-state index contributed by atoms with van der Waals surface area (Å²) in [6, 6.07) is 3.38. The molecule has 226 valence electrons. The van der Waals surface area contributed by atoms with Crippen LogP contribution in [-0.2, 0) is 13.5 Å². The molecule has 0 aliphatic carbocycles. The van der Waals surface area contributed by atoms with Gasteiger partial charge in [0.2, 0.25) is 0 Å². The third-order valence-electron chi connectivity index (χ3n) is 7.33. The minimum atomic E-state index is -1.66. The first-order valence-corrected chi connectivity index (χ1v) is 15.4. The second kappa shape index (κ2) is 14.9.